The highest BCUT2D eigenvalue weighted by molar-refractivity contribution is 6.49. The highest BCUT2D eigenvalue weighted by atomic mass is 16.5. The van der Waals surface area contributed by atoms with Gasteiger partial charge < -0.3 is 19.7 Å². The van der Waals surface area contributed by atoms with Gasteiger partial charge in [-0.05, 0) is 39.6 Å². The number of pyridine rings is 1. The van der Waals surface area contributed by atoms with Crippen LogP contribution in [0.3, 0.4) is 0 Å². The molecule has 0 amide bonds. The number of aryl methyl sites for hydroxylation is 2. The Bertz CT molecular complexity index is 1060. The number of nitrogens with zero attached hydrogens (tertiary/aromatic N) is 4. The lowest BCUT2D eigenvalue weighted by Crippen LogP contribution is -2.31. The molecule has 1 N–H and O–H groups in total. The van der Waals surface area contributed by atoms with Crippen LogP contribution in [0.1, 0.15) is 11.3 Å². The number of hydrogen-bond donors (Lipinski definition) is 1. The molecule has 4 rings (SSSR count). The predicted molar refractivity (Wildman–Crippen MR) is 111 cm³/mol. The molecule has 8 heteroatoms. The maximum atomic E-state index is 12.6. The molecule has 0 radical (unpaired) electrons. The third-order valence-corrected chi connectivity index (χ3v) is 4.99. The van der Waals surface area contributed by atoms with Gasteiger partial charge in [0.05, 0.1) is 11.2 Å². The summed E-state index contributed by atoms with van der Waals surface area (Å²) in [5.41, 5.74) is 4.47. The zero-order chi connectivity index (χ0) is 20.5. The second-order valence-electron chi connectivity index (χ2n) is 7.41. The van der Waals surface area contributed by atoms with Crippen molar-refractivity contribution >= 4 is 22.7 Å². The van der Waals surface area contributed by atoms with Crippen molar-refractivity contribution in [2.24, 2.45) is 4.99 Å². The smallest absolute Gasteiger partial charge is 0.260 e. The van der Waals surface area contributed by atoms with Crippen LogP contribution in [0.15, 0.2) is 40.7 Å². The van der Waals surface area contributed by atoms with Crippen LogP contribution in [0, 0.1) is 13.8 Å². The summed E-state index contributed by atoms with van der Waals surface area (Å²) < 4.78 is 13.4. The molecule has 0 spiro atoms. The number of aromatic nitrogens is 2. The van der Waals surface area contributed by atoms with E-state index in [0.717, 1.165) is 23.3 Å². The number of allylic oxidation sites excluding steroid dienone is 2. The molecule has 0 unspecified atom stereocenters. The zero-order valence-electron chi connectivity index (χ0n) is 17.2. The molecule has 0 saturated carbocycles. The molecule has 0 bridgehead atoms. The van der Waals surface area contributed by atoms with E-state index in [1.807, 2.05) is 49.5 Å². The number of carbonyl (C=O) groups excluding carboxylic acids is 1. The van der Waals surface area contributed by atoms with E-state index in [1.54, 1.807) is 6.08 Å². The van der Waals surface area contributed by atoms with Crippen LogP contribution in [0.4, 0.5) is 5.69 Å². The fourth-order valence-corrected chi connectivity index (χ4v) is 3.19. The Morgan fingerprint density at radius 3 is 2.93 bits per heavy atom. The van der Waals surface area contributed by atoms with Gasteiger partial charge in [0.25, 0.3) is 5.88 Å². The molecule has 2 aromatic rings. The van der Waals surface area contributed by atoms with Crippen molar-refractivity contribution in [3.05, 3.63) is 47.0 Å². The minimum atomic E-state index is -0.177. The number of hydrogen-bond acceptors (Lipinski definition) is 7. The van der Waals surface area contributed by atoms with E-state index in [-0.39, 0.29) is 5.78 Å². The summed E-state index contributed by atoms with van der Waals surface area (Å²) in [4.78, 5) is 19.3. The standard InChI is InChI=1S/C21H25N5O3/c1-13-5-6-17-20(21(24-26(17)14(13)2)29-10-8-25(3)4)23-15-12-19-16(11-18(15)27)22-7-9-28-19/h5-6,11-12,22H,7-10H2,1-4H3. The normalized spacial score (nSPS) is 17.7. The Balaban J connectivity index is 1.78. The number of carbonyl (C=O) groups is 1. The number of fused-ring (bicyclic) bond motifs is 2. The second-order valence-corrected chi connectivity index (χ2v) is 7.41. The highest BCUT2D eigenvalue weighted by Crippen LogP contribution is 2.34. The van der Waals surface area contributed by atoms with E-state index in [1.165, 1.54) is 6.08 Å². The van der Waals surface area contributed by atoms with Gasteiger partial charge in [-0.25, -0.2) is 9.51 Å². The van der Waals surface area contributed by atoms with Gasteiger partial charge >= 0.3 is 0 Å². The fourth-order valence-electron chi connectivity index (χ4n) is 3.19. The lowest BCUT2D eigenvalue weighted by molar-refractivity contribution is -0.109. The number of rotatable bonds is 5. The molecule has 1 aliphatic carbocycles. The molecular weight excluding hydrogens is 370 g/mol. The van der Waals surface area contributed by atoms with Gasteiger partial charge in [0.2, 0.25) is 5.78 Å². The van der Waals surface area contributed by atoms with Gasteiger partial charge in [0, 0.05) is 30.9 Å². The topological polar surface area (TPSA) is 80.5 Å². The number of ketones is 1. The molecule has 1 fully saturated rings. The Morgan fingerprint density at radius 1 is 1.31 bits per heavy atom. The number of morpholine rings is 1. The number of ether oxygens (including phenoxy) is 2. The summed E-state index contributed by atoms with van der Waals surface area (Å²) >= 11 is 0. The largest absolute Gasteiger partial charge is 0.490 e. The maximum absolute atomic E-state index is 12.6. The molecule has 1 aliphatic heterocycles. The Morgan fingerprint density at radius 2 is 2.14 bits per heavy atom. The van der Waals surface area contributed by atoms with Crippen LogP contribution < -0.4 is 10.1 Å². The van der Waals surface area contributed by atoms with Crippen LogP contribution in [0.2, 0.25) is 0 Å². The van der Waals surface area contributed by atoms with Gasteiger partial charge in [-0.15, -0.1) is 5.10 Å². The van der Waals surface area contributed by atoms with Gasteiger partial charge in [-0.1, -0.05) is 6.07 Å². The summed E-state index contributed by atoms with van der Waals surface area (Å²) in [5, 5.41) is 7.79. The van der Waals surface area contributed by atoms with E-state index in [2.05, 4.69) is 15.4 Å². The Labute approximate surface area is 169 Å². The Kier molecular flexibility index (Phi) is 5.10. The molecule has 29 heavy (non-hydrogen) atoms. The lowest BCUT2D eigenvalue weighted by Gasteiger charge is -2.23. The molecule has 8 nitrogen and oxygen atoms in total. The second kappa shape index (κ2) is 7.71. The van der Waals surface area contributed by atoms with Crippen LogP contribution in [0.25, 0.3) is 5.52 Å². The first kappa shape index (κ1) is 19.2. The first-order chi connectivity index (χ1) is 13.9. The molecule has 152 valence electrons. The monoisotopic (exact) mass is 395 g/mol. The van der Waals surface area contributed by atoms with Crippen molar-refractivity contribution in [1.82, 2.24) is 19.8 Å². The molecule has 3 heterocycles. The Hall–Kier alpha value is -3.13. The van der Waals surface area contributed by atoms with Crippen LogP contribution in [0.5, 0.6) is 5.88 Å². The quantitative estimate of drug-likeness (QED) is 0.780. The van der Waals surface area contributed by atoms with Crippen molar-refractivity contribution in [2.45, 2.75) is 13.8 Å². The molecule has 0 aromatic carbocycles. The zero-order valence-corrected chi connectivity index (χ0v) is 17.2. The molecule has 0 atom stereocenters. The van der Waals surface area contributed by atoms with Gasteiger partial charge in [0.1, 0.15) is 24.7 Å². The van der Waals surface area contributed by atoms with E-state index in [4.69, 9.17) is 9.47 Å². The minimum absolute atomic E-state index is 0.177. The first-order valence-electron chi connectivity index (χ1n) is 9.64. The fraction of sp³-hybridized carbons (Fsp3) is 0.381. The third-order valence-electron chi connectivity index (χ3n) is 4.99. The minimum Gasteiger partial charge on any atom is -0.490 e. The molecule has 2 aromatic heterocycles. The molecule has 2 aliphatic rings. The first-order valence-corrected chi connectivity index (χ1v) is 9.64. The van der Waals surface area contributed by atoms with E-state index in [9.17, 15) is 4.79 Å². The summed E-state index contributed by atoms with van der Waals surface area (Å²) in [6.45, 7) is 6.48. The van der Waals surface area contributed by atoms with Crippen molar-refractivity contribution in [3.8, 4) is 5.88 Å². The number of likely N-dealkylation sites (N-methyl/N-ethyl adjacent to an activating group) is 1. The van der Waals surface area contributed by atoms with Crippen LogP contribution >= 0.6 is 0 Å². The molecule has 1 saturated heterocycles. The average Bonchev–Trinajstić information content (AvgIpc) is 3.03. The van der Waals surface area contributed by atoms with Gasteiger partial charge in [0.15, 0.2) is 5.69 Å². The van der Waals surface area contributed by atoms with E-state index >= 15 is 0 Å². The number of nitrogens with one attached hydrogen (secondary N) is 1. The third kappa shape index (κ3) is 3.75. The van der Waals surface area contributed by atoms with Crippen molar-refractivity contribution in [3.63, 3.8) is 0 Å². The van der Waals surface area contributed by atoms with Crippen molar-refractivity contribution < 1.29 is 14.3 Å². The average molecular weight is 395 g/mol. The highest BCUT2D eigenvalue weighted by Gasteiger charge is 2.24. The predicted octanol–water partition coefficient (Wildman–Crippen LogP) is 1.93. The van der Waals surface area contributed by atoms with Crippen molar-refractivity contribution in [1.29, 1.82) is 0 Å². The maximum Gasteiger partial charge on any atom is 0.260 e. The van der Waals surface area contributed by atoms with Crippen LogP contribution in [-0.2, 0) is 9.53 Å². The van der Waals surface area contributed by atoms with Gasteiger partial charge in [-0.3, -0.25) is 4.79 Å². The summed E-state index contributed by atoms with van der Waals surface area (Å²) in [7, 11) is 3.97. The van der Waals surface area contributed by atoms with E-state index < -0.39 is 0 Å². The molecular formula is C21H25N5O3. The number of aliphatic imine (C=N–C) groups is 1. The van der Waals surface area contributed by atoms with Crippen molar-refractivity contribution in [2.75, 3.05) is 40.4 Å². The van der Waals surface area contributed by atoms with Crippen LogP contribution in [-0.4, -0.2) is 66.4 Å². The summed E-state index contributed by atoms with van der Waals surface area (Å²) in [5.74, 6) is 0.870. The lowest BCUT2D eigenvalue weighted by atomic mass is 10.1. The summed E-state index contributed by atoms with van der Waals surface area (Å²) in [6, 6.07) is 3.97. The van der Waals surface area contributed by atoms with E-state index in [0.29, 0.717) is 48.5 Å². The van der Waals surface area contributed by atoms with Gasteiger partial charge in [-0.2, -0.15) is 0 Å². The summed E-state index contributed by atoms with van der Waals surface area (Å²) in [6.07, 6.45) is 3.21. The SMILES string of the molecule is Cc1ccc2c(N=C3C=C4OCCNC4=CC3=O)c(OCCN(C)C)nn2c1C.